The van der Waals surface area contributed by atoms with Crippen molar-refractivity contribution in [1.82, 2.24) is 9.97 Å². The lowest BCUT2D eigenvalue weighted by atomic mass is 10.1. The van der Waals surface area contributed by atoms with E-state index in [2.05, 4.69) is 20.6 Å². The zero-order valence-corrected chi connectivity index (χ0v) is 16.6. The van der Waals surface area contributed by atoms with Crippen LogP contribution >= 0.6 is 11.6 Å². The summed E-state index contributed by atoms with van der Waals surface area (Å²) in [5.74, 6) is 0.135. The third-order valence-corrected chi connectivity index (χ3v) is 4.35. The van der Waals surface area contributed by atoms with E-state index in [1.54, 1.807) is 12.3 Å². The van der Waals surface area contributed by atoms with Gasteiger partial charge in [0.05, 0.1) is 0 Å². The molecule has 0 radical (unpaired) electrons. The van der Waals surface area contributed by atoms with Gasteiger partial charge in [-0.3, -0.25) is 4.79 Å². The second kappa shape index (κ2) is 9.19. The SMILES string of the molecule is CN(C)c1ccc(NC(=O)c2ccnc(NCCc3cccc(Cl)c3)n2)cc1. The summed E-state index contributed by atoms with van der Waals surface area (Å²) in [5, 5.41) is 6.70. The average molecular weight is 396 g/mol. The Bertz CT molecular complexity index is 944. The average Bonchev–Trinajstić information content (AvgIpc) is 2.69. The molecule has 0 saturated carbocycles. The van der Waals surface area contributed by atoms with E-state index in [1.807, 2.05) is 67.5 Å². The quantitative estimate of drug-likeness (QED) is 0.630. The molecule has 6 nitrogen and oxygen atoms in total. The molecule has 7 heteroatoms. The van der Waals surface area contributed by atoms with Gasteiger partial charge in [-0.1, -0.05) is 23.7 Å². The van der Waals surface area contributed by atoms with Gasteiger partial charge in [-0.15, -0.1) is 0 Å². The Morgan fingerprint density at radius 2 is 1.89 bits per heavy atom. The fourth-order valence-corrected chi connectivity index (χ4v) is 2.83. The van der Waals surface area contributed by atoms with Crippen molar-refractivity contribution >= 4 is 34.8 Å². The number of carbonyl (C=O) groups is 1. The Morgan fingerprint density at radius 3 is 2.61 bits per heavy atom. The van der Waals surface area contributed by atoms with Crippen LogP contribution in [-0.4, -0.2) is 36.5 Å². The zero-order valence-electron chi connectivity index (χ0n) is 15.8. The largest absolute Gasteiger partial charge is 0.378 e. The van der Waals surface area contributed by atoms with Gasteiger partial charge in [0.2, 0.25) is 5.95 Å². The van der Waals surface area contributed by atoms with Crippen molar-refractivity contribution in [2.45, 2.75) is 6.42 Å². The van der Waals surface area contributed by atoms with Gasteiger partial charge in [0.1, 0.15) is 5.69 Å². The van der Waals surface area contributed by atoms with Crippen LogP contribution in [0.15, 0.2) is 60.8 Å². The number of aromatic nitrogens is 2. The highest BCUT2D eigenvalue weighted by atomic mass is 35.5. The molecule has 1 heterocycles. The van der Waals surface area contributed by atoms with Gasteiger partial charge in [-0.25, -0.2) is 9.97 Å². The van der Waals surface area contributed by atoms with Crippen LogP contribution in [0.25, 0.3) is 0 Å². The van der Waals surface area contributed by atoms with Crippen LogP contribution in [0, 0.1) is 0 Å². The molecule has 2 N–H and O–H groups in total. The van der Waals surface area contributed by atoms with E-state index in [9.17, 15) is 4.79 Å². The second-order valence-electron chi connectivity index (χ2n) is 6.47. The predicted octanol–water partition coefficient (Wildman–Crippen LogP) is 4.10. The second-order valence-corrected chi connectivity index (χ2v) is 6.90. The molecular weight excluding hydrogens is 374 g/mol. The third kappa shape index (κ3) is 5.44. The van der Waals surface area contributed by atoms with Gasteiger partial charge in [0, 0.05) is 43.2 Å². The highest BCUT2D eigenvalue weighted by Crippen LogP contribution is 2.16. The summed E-state index contributed by atoms with van der Waals surface area (Å²) in [6.45, 7) is 0.636. The van der Waals surface area contributed by atoms with Crippen LogP contribution in [0.2, 0.25) is 5.02 Å². The smallest absolute Gasteiger partial charge is 0.274 e. The number of hydrogen-bond acceptors (Lipinski definition) is 5. The van der Waals surface area contributed by atoms with E-state index in [1.165, 1.54) is 0 Å². The van der Waals surface area contributed by atoms with Crippen LogP contribution in [-0.2, 0) is 6.42 Å². The lowest BCUT2D eigenvalue weighted by Crippen LogP contribution is -2.16. The normalized spacial score (nSPS) is 10.4. The Balaban J connectivity index is 1.58. The topological polar surface area (TPSA) is 70.2 Å². The van der Waals surface area contributed by atoms with E-state index in [-0.39, 0.29) is 5.91 Å². The standard InChI is InChI=1S/C21H22ClN5O/c1-27(2)18-8-6-17(7-9-18)25-20(28)19-11-13-24-21(26-19)23-12-10-15-4-3-5-16(22)14-15/h3-9,11,13-14H,10,12H2,1-2H3,(H,25,28)(H,23,24,26). The van der Waals surface area contributed by atoms with Gasteiger partial charge in [-0.05, 0) is 54.4 Å². The van der Waals surface area contributed by atoms with E-state index in [0.717, 1.165) is 17.7 Å². The number of benzene rings is 2. The first-order chi connectivity index (χ1) is 13.5. The van der Waals surface area contributed by atoms with E-state index in [4.69, 9.17) is 11.6 Å². The molecule has 3 rings (SSSR count). The number of nitrogens with one attached hydrogen (secondary N) is 2. The molecule has 0 aliphatic heterocycles. The van der Waals surface area contributed by atoms with Gasteiger partial charge < -0.3 is 15.5 Å². The molecule has 0 aliphatic carbocycles. The first kappa shape index (κ1) is 19.6. The molecule has 1 aromatic heterocycles. The lowest BCUT2D eigenvalue weighted by molar-refractivity contribution is 0.102. The maximum atomic E-state index is 12.5. The molecule has 144 valence electrons. The van der Waals surface area contributed by atoms with Crippen molar-refractivity contribution in [3.05, 3.63) is 77.1 Å². The number of amides is 1. The summed E-state index contributed by atoms with van der Waals surface area (Å²) >= 11 is 5.99. The summed E-state index contributed by atoms with van der Waals surface area (Å²) in [6, 6.07) is 16.9. The molecule has 0 unspecified atom stereocenters. The molecule has 0 spiro atoms. The van der Waals surface area contributed by atoms with Crippen LogP contribution < -0.4 is 15.5 Å². The summed E-state index contributed by atoms with van der Waals surface area (Å²) in [6.07, 6.45) is 2.34. The maximum absolute atomic E-state index is 12.5. The molecule has 0 bridgehead atoms. The van der Waals surface area contributed by atoms with E-state index in [0.29, 0.717) is 28.9 Å². The first-order valence-electron chi connectivity index (χ1n) is 8.91. The Kier molecular flexibility index (Phi) is 6.45. The van der Waals surface area contributed by atoms with Crippen molar-refractivity contribution in [1.29, 1.82) is 0 Å². The minimum atomic E-state index is -0.280. The molecule has 2 aromatic carbocycles. The molecular formula is C21H22ClN5O. The predicted molar refractivity (Wildman–Crippen MR) is 114 cm³/mol. The Hall–Kier alpha value is -3.12. The number of nitrogens with zero attached hydrogens (tertiary/aromatic N) is 3. The van der Waals surface area contributed by atoms with Crippen LogP contribution in [0.4, 0.5) is 17.3 Å². The zero-order chi connectivity index (χ0) is 19.9. The fraction of sp³-hybridized carbons (Fsp3) is 0.190. The highest BCUT2D eigenvalue weighted by molar-refractivity contribution is 6.30. The Morgan fingerprint density at radius 1 is 1.11 bits per heavy atom. The minimum absolute atomic E-state index is 0.280. The molecule has 0 atom stereocenters. The molecule has 28 heavy (non-hydrogen) atoms. The van der Waals surface area contributed by atoms with Crippen LogP contribution in [0.3, 0.4) is 0 Å². The van der Waals surface area contributed by atoms with Crippen LogP contribution in [0.1, 0.15) is 16.1 Å². The summed E-state index contributed by atoms with van der Waals surface area (Å²) in [7, 11) is 3.94. The molecule has 0 saturated heterocycles. The third-order valence-electron chi connectivity index (χ3n) is 4.12. The van der Waals surface area contributed by atoms with Gasteiger partial charge in [0.15, 0.2) is 0 Å². The molecule has 3 aromatic rings. The monoisotopic (exact) mass is 395 g/mol. The fourth-order valence-electron chi connectivity index (χ4n) is 2.62. The lowest BCUT2D eigenvalue weighted by Gasteiger charge is -2.13. The van der Waals surface area contributed by atoms with Gasteiger partial charge in [-0.2, -0.15) is 0 Å². The van der Waals surface area contributed by atoms with Crippen molar-refractivity contribution < 1.29 is 4.79 Å². The van der Waals surface area contributed by atoms with Crippen molar-refractivity contribution in [3.63, 3.8) is 0 Å². The molecule has 0 aliphatic rings. The van der Waals surface area contributed by atoms with Crippen molar-refractivity contribution in [2.75, 3.05) is 36.2 Å². The van der Waals surface area contributed by atoms with Gasteiger partial charge >= 0.3 is 0 Å². The maximum Gasteiger partial charge on any atom is 0.274 e. The number of hydrogen-bond donors (Lipinski definition) is 2. The molecule has 0 fully saturated rings. The highest BCUT2D eigenvalue weighted by Gasteiger charge is 2.09. The summed E-state index contributed by atoms with van der Waals surface area (Å²) < 4.78 is 0. The number of halogens is 1. The summed E-state index contributed by atoms with van der Waals surface area (Å²) in [4.78, 5) is 22.9. The van der Waals surface area contributed by atoms with Crippen molar-refractivity contribution in [2.24, 2.45) is 0 Å². The van der Waals surface area contributed by atoms with Crippen molar-refractivity contribution in [3.8, 4) is 0 Å². The number of anilines is 3. The van der Waals surface area contributed by atoms with E-state index >= 15 is 0 Å². The van der Waals surface area contributed by atoms with Gasteiger partial charge in [0.25, 0.3) is 5.91 Å². The van der Waals surface area contributed by atoms with Crippen LogP contribution in [0.5, 0.6) is 0 Å². The molecule has 1 amide bonds. The minimum Gasteiger partial charge on any atom is -0.378 e. The number of rotatable bonds is 7. The number of carbonyl (C=O) groups excluding carboxylic acids is 1. The Labute approximate surface area is 169 Å². The first-order valence-corrected chi connectivity index (χ1v) is 9.29. The van der Waals surface area contributed by atoms with E-state index < -0.39 is 0 Å². The summed E-state index contributed by atoms with van der Waals surface area (Å²) in [5.41, 5.74) is 3.20.